The molecule has 2 aromatic rings. The molecule has 0 saturated heterocycles. The average Bonchev–Trinajstić information content (AvgIpc) is 2.89. The second kappa shape index (κ2) is 6.54. The molecule has 0 fully saturated rings. The lowest BCUT2D eigenvalue weighted by Crippen LogP contribution is -2.36. The maximum absolute atomic E-state index is 11.9. The quantitative estimate of drug-likeness (QED) is 0.652. The third-order valence-electron chi connectivity index (χ3n) is 3.63. The minimum absolute atomic E-state index is 0.297. The minimum Gasteiger partial charge on any atom is -0.392 e. The summed E-state index contributed by atoms with van der Waals surface area (Å²) in [6, 6.07) is 6.92. The van der Waals surface area contributed by atoms with Gasteiger partial charge in [0.1, 0.15) is 6.04 Å². The van der Waals surface area contributed by atoms with Gasteiger partial charge in [-0.3, -0.25) is 4.79 Å². The van der Waals surface area contributed by atoms with E-state index in [1.165, 1.54) is 0 Å². The van der Waals surface area contributed by atoms with Crippen LogP contribution in [0.5, 0.6) is 0 Å². The van der Waals surface area contributed by atoms with E-state index in [0.717, 1.165) is 16.5 Å². The number of benzene rings is 1. The Bertz CT molecular complexity index is 648. The number of carbonyl (C=O) groups excluding carboxylic acids is 2. The summed E-state index contributed by atoms with van der Waals surface area (Å²) in [6.07, 6.45) is 2.79. The van der Waals surface area contributed by atoms with Crippen LogP contribution >= 0.6 is 0 Å². The molecular weight excluding hydrogens is 268 g/mol. The summed E-state index contributed by atoms with van der Waals surface area (Å²) in [7, 11) is 0. The van der Waals surface area contributed by atoms with Crippen LogP contribution in [0.25, 0.3) is 10.9 Å². The number of esters is 2. The zero-order valence-corrected chi connectivity index (χ0v) is 12.3. The normalized spacial score (nSPS) is 13.9. The molecule has 0 saturated carbocycles. The minimum atomic E-state index is -0.850. The molecule has 0 radical (unpaired) electrons. The van der Waals surface area contributed by atoms with E-state index in [9.17, 15) is 9.59 Å². The summed E-state index contributed by atoms with van der Waals surface area (Å²) in [5.74, 6) is -1.49. The van der Waals surface area contributed by atoms with Crippen molar-refractivity contribution >= 4 is 22.8 Å². The molecule has 5 nitrogen and oxygen atoms in total. The molecule has 1 aromatic carbocycles. The molecule has 0 aliphatic carbocycles. The van der Waals surface area contributed by atoms with Crippen molar-refractivity contribution in [3.05, 3.63) is 36.0 Å². The smallest absolute Gasteiger partial charge is 0.330 e. The number of rotatable bonds is 5. The largest absolute Gasteiger partial charge is 0.392 e. The van der Waals surface area contributed by atoms with Crippen LogP contribution in [0, 0.1) is 5.92 Å². The third-order valence-corrected chi connectivity index (χ3v) is 3.63. The summed E-state index contributed by atoms with van der Waals surface area (Å²) in [4.78, 5) is 26.6. The van der Waals surface area contributed by atoms with Gasteiger partial charge in [0.25, 0.3) is 0 Å². The van der Waals surface area contributed by atoms with Crippen molar-refractivity contribution in [1.82, 2.24) is 4.98 Å². The Balaban J connectivity index is 2.02. The lowest BCUT2D eigenvalue weighted by Gasteiger charge is -2.12. The van der Waals surface area contributed by atoms with Gasteiger partial charge in [-0.1, -0.05) is 32.0 Å². The van der Waals surface area contributed by atoms with Gasteiger partial charge in [-0.25, -0.2) is 4.79 Å². The summed E-state index contributed by atoms with van der Waals surface area (Å²) in [6.45, 7) is 3.59. The Morgan fingerprint density at radius 2 is 2.00 bits per heavy atom. The lowest BCUT2D eigenvalue weighted by atomic mass is 10.1. The standard InChI is InChI=1S/C16H20N2O3/c1-3-10(2)15(19)21-16(20)13(17)8-11-9-18-14-7-5-4-6-12(11)14/h4-7,9-10,13,18H,3,8,17H2,1-2H3/t10?,13-/m0/s1. The Hall–Kier alpha value is -2.14. The number of H-pyrrole nitrogens is 1. The van der Waals surface area contributed by atoms with Crippen LogP contribution in [0.1, 0.15) is 25.8 Å². The molecule has 1 heterocycles. The first-order chi connectivity index (χ1) is 10.0. The Kier molecular flexibility index (Phi) is 4.75. The molecule has 5 heteroatoms. The molecule has 0 aliphatic heterocycles. The predicted molar refractivity (Wildman–Crippen MR) is 80.5 cm³/mol. The van der Waals surface area contributed by atoms with Crippen molar-refractivity contribution in [3.8, 4) is 0 Å². The van der Waals surface area contributed by atoms with Crippen LogP contribution in [-0.4, -0.2) is 23.0 Å². The van der Waals surface area contributed by atoms with E-state index in [4.69, 9.17) is 10.5 Å². The Labute approximate surface area is 123 Å². The van der Waals surface area contributed by atoms with Crippen molar-refractivity contribution in [2.75, 3.05) is 0 Å². The molecular formula is C16H20N2O3. The molecule has 2 atom stereocenters. The first-order valence-electron chi connectivity index (χ1n) is 7.09. The summed E-state index contributed by atoms with van der Waals surface area (Å²) >= 11 is 0. The molecule has 3 N–H and O–H groups in total. The van der Waals surface area contributed by atoms with E-state index < -0.39 is 18.0 Å². The van der Waals surface area contributed by atoms with Crippen LogP contribution in [0.2, 0.25) is 0 Å². The molecule has 21 heavy (non-hydrogen) atoms. The van der Waals surface area contributed by atoms with Gasteiger partial charge in [0, 0.05) is 23.5 Å². The van der Waals surface area contributed by atoms with Gasteiger partial charge in [-0.15, -0.1) is 0 Å². The first-order valence-corrected chi connectivity index (χ1v) is 7.09. The number of ether oxygens (including phenoxy) is 1. The maximum Gasteiger partial charge on any atom is 0.330 e. The van der Waals surface area contributed by atoms with Crippen LogP contribution in [0.3, 0.4) is 0 Å². The number of nitrogens with one attached hydrogen (secondary N) is 1. The highest BCUT2D eigenvalue weighted by molar-refractivity contribution is 5.90. The third kappa shape index (κ3) is 3.49. The van der Waals surface area contributed by atoms with Crippen molar-refractivity contribution in [1.29, 1.82) is 0 Å². The predicted octanol–water partition coefficient (Wildman–Crippen LogP) is 2.15. The van der Waals surface area contributed by atoms with Gasteiger partial charge in [0.2, 0.25) is 0 Å². The number of aromatic amines is 1. The number of carbonyl (C=O) groups is 2. The first kappa shape index (κ1) is 15.3. The molecule has 0 spiro atoms. The molecule has 0 bridgehead atoms. The number of aromatic nitrogens is 1. The Morgan fingerprint density at radius 3 is 2.71 bits per heavy atom. The van der Waals surface area contributed by atoms with Gasteiger partial charge >= 0.3 is 11.9 Å². The Morgan fingerprint density at radius 1 is 1.29 bits per heavy atom. The highest BCUT2D eigenvalue weighted by atomic mass is 16.6. The second-order valence-electron chi connectivity index (χ2n) is 5.22. The zero-order chi connectivity index (χ0) is 15.4. The highest BCUT2D eigenvalue weighted by Crippen LogP contribution is 2.19. The van der Waals surface area contributed by atoms with Crippen LogP contribution in [0.15, 0.2) is 30.5 Å². The molecule has 112 valence electrons. The zero-order valence-electron chi connectivity index (χ0n) is 12.3. The number of nitrogens with two attached hydrogens (primary N) is 1. The molecule has 1 aromatic heterocycles. The number of para-hydroxylation sites is 1. The number of fused-ring (bicyclic) bond motifs is 1. The van der Waals surface area contributed by atoms with Crippen molar-refractivity contribution in [2.24, 2.45) is 11.7 Å². The monoisotopic (exact) mass is 288 g/mol. The van der Waals surface area contributed by atoms with E-state index in [-0.39, 0.29) is 5.92 Å². The fourth-order valence-corrected chi connectivity index (χ4v) is 2.06. The summed E-state index contributed by atoms with van der Waals surface area (Å²) in [5.41, 5.74) is 7.77. The van der Waals surface area contributed by atoms with Crippen LogP contribution in [-0.2, 0) is 20.7 Å². The van der Waals surface area contributed by atoms with Gasteiger partial charge in [0.15, 0.2) is 0 Å². The van der Waals surface area contributed by atoms with E-state index in [0.29, 0.717) is 12.8 Å². The average molecular weight is 288 g/mol. The topological polar surface area (TPSA) is 85.2 Å². The maximum atomic E-state index is 11.9. The van der Waals surface area contributed by atoms with Crippen LogP contribution in [0.4, 0.5) is 0 Å². The van der Waals surface area contributed by atoms with Crippen molar-refractivity contribution in [2.45, 2.75) is 32.7 Å². The molecule has 0 aliphatic rings. The molecule has 1 unspecified atom stereocenters. The fourth-order valence-electron chi connectivity index (χ4n) is 2.06. The highest BCUT2D eigenvalue weighted by Gasteiger charge is 2.22. The van der Waals surface area contributed by atoms with Gasteiger partial charge in [0.05, 0.1) is 5.92 Å². The van der Waals surface area contributed by atoms with Gasteiger partial charge in [-0.2, -0.15) is 0 Å². The van der Waals surface area contributed by atoms with E-state index >= 15 is 0 Å². The lowest BCUT2D eigenvalue weighted by molar-refractivity contribution is -0.163. The summed E-state index contributed by atoms with van der Waals surface area (Å²) < 4.78 is 4.81. The molecule has 0 amide bonds. The number of hydrogen-bond acceptors (Lipinski definition) is 4. The SMILES string of the molecule is CCC(C)C(=O)OC(=O)[C@@H](N)Cc1c[nH]c2ccccc12. The number of hydrogen-bond donors (Lipinski definition) is 2. The van der Waals surface area contributed by atoms with E-state index in [2.05, 4.69) is 4.98 Å². The van der Waals surface area contributed by atoms with E-state index in [1.54, 1.807) is 6.92 Å². The summed E-state index contributed by atoms with van der Waals surface area (Å²) in [5, 5.41) is 1.02. The second-order valence-corrected chi connectivity index (χ2v) is 5.22. The van der Waals surface area contributed by atoms with Crippen molar-refractivity contribution < 1.29 is 14.3 Å². The van der Waals surface area contributed by atoms with Crippen molar-refractivity contribution in [3.63, 3.8) is 0 Å². The van der Waals surface area contributed by atoms with Gasteiger partial charge < -0.3 is 15.5 Å². The van der Waals surface area contributed by atoms with Crippen LogP contribution < -0.4 is 5.73 Å². The van der Waals surface area contributed by atoms with E-state index in [1.807, 2.05) is 37.4 Å². The fraction of sp³-hybridized carbons (Fsp3) is 0.375. The van der Waals surface area contributed by atoms with Gasteiger partial charge in [-0.05, 0) is 18.1 Å². The molecule has 2 rings (SSSR count).